The maximum atomic E-state index is 8.53. The van der Waals surface area contributed by atoms with Crippen LogP contribution >= 0.6 is 0 Å². The summed E-state index contributed by atoms with van der Waals surface area (Å²) in [5, 5.41) is 0. The number of hydrogen-bond acceptors (Lipinski definition) is 16. The van der Waals surface area contributed by atoms with Crippen molar-refractivity contribution < 1.29 is 21.9 Å². The summed E-state index contributed by atoms with van der Waals surface area (Å²) in [6.45, 7) is 23.0. The molecule has 0 aromatic heterocycles. The van der Waals surface area contributed by atoms with E-state index in [1.165, 1.54) is 74.1 Å². The first-order chi connectivity index (χ1) is 50.5. The zero-order valence-electron chi connectivity index (χ0n) is 74.7. The molecule has 8 aliphatic rings. The normalized spacial score (nSPS) is 27.5. The summed E-state index contributed by atoms with van der Waals surface area (Å²) < 4.78 is 126. The number of hydrogen-bond donors (Lipinski definition) is 0. The molecule has 8 aliphatic heterocycles. The van der Waals surface area contributed by atoms with Crippen LogP contribution in [0.3, 0.4) is 0 Å². The molecule has 0 fully saturated rings. The Bertz CT molecular complexity index is 4040. The Balaban J connectivity index is 0.000000170. The van der Waals surface area contributed by atoms with Crippen molar-refractivity contribution >= 4 is 45.5 Å². The van der Waals surface area contributed by atoms with Crippen molar-refractivity contribution in [1.29, 1.82) is 0 Å². The van der Waals surface area contributed by atoms with Crippen LogP contribution in [0, 0.1) is 41.5 Å². The molecule has 8 heterocycles. The van der Waals surface area contributed by atoms with E-state index in [1.807, 2.05) is 68.2 Å². The van der Waals surface area contributed by atoms with Gasteiger partial charge in [0.15, 0.2) is 0 Å². The van der Waals surface area contributed by atoms with E-state index in [-0.39, 0.29) is 6.17 Å². The number of aryl methyl sites for hydroxylation is 2. The molecular formula is C77H114N16. The Hall–Kier alpha value is -8.40. The van der Waals surface area contributed by atoms with Crippen molar-refractivity contribution in [3.05, 3.63) is 193 Å². The second kappa shape index (κ2) is 28.9. The Labute approximate surface area is 584 Å². The van der Waals surface area contributed by atoms with E-state index >= 15 is 0 Å². The summed E-state index contributed by atoms with van der Waals surface area (Å²) in [7, 11) is 6.27. The first-order valence-electron chi connectivity index (χ1n) is 40.7. The van der Waals surface area contributed by atoms with Gasteiger partial charge in [-0.3, -0.25) is 0 Å². The van der Waals surface area contributed by atoms with E-state index in [0.29, 0.717) is 30.4 Å². The third-order valence-corrected chi connectivity index (χ3v) is 19.8. The van der Waals surface area contributed by atoms with Gasteiger partial charge in [-0.15, -0.1) is 0 Å². The summed E-state index contributed by atoms with van der Waals surface area (Å²) in [6, 6.07) is 15.9. The van der Waals surface area contributed by atoms with E-state index < -0.39 is 64.4 Å². The molecule has 502 valence electrons. The van der Waals surface area contributed by atoms with Gasteiger partial charge in [0.2, 0.25) is 0 Å². The molecule has 0 N–H and O–H groups in total. The molecule has 1 unspecified atom stereocenters. The van der Waals surface area contributed by atoms with E-state index in [2.05, 4.69) is 219 Å². The van der Waals surface area contributed by atoms with Crippen LogP contribution in [0.5, 0.6) is 0 Å². The third-order valence-electron chi connectivity index (χ3n) is 19.8. The van der Waals surface area contributed by atoms with E-state index in [4.69, 9.17) is 21.9 Å². The molecule has 12 rings (SSSR count). The Morgan fingerprint density at radius 2 is 0.624 bits per heavy atom. The van der Waals surface area contributed by atoms with Gasteiger partial charge in [-0.25, -0.2) is 0 Å². The number of anilines is 8. The molecule has 93 heavy (non-hydrogen) atoms. The van der Waals surface area contributed by atoms with Crippen molar-refractivity contribution in [1.82, 2.24) is 39.2 Å². The zero-order valence-corrected chi connectivity index (χ0v) is 58.7. The molecule has 0 bridgehead atoms. The predicted octanol–water partition coefficient (Wildman–Crippen LogP) is 15.9. The molecule has 16 nitrogen and oxygen atoms in total. The van der Waals surface area contributed by atoms with E-state index in [1.54, 1.807) is 55.7 Å². The molecule has 0 amide bonds. The lowest BCUT2D eigenvalue weighted by Crippen LogP contribution is -2.41. The van der Waals surface area contributed by atoms with Crippen LogP contribution < -0.4 is 39.2 Å². The third kappa shape index (κ3) is 13.7. The minimum absolute atomic E-state index is 0.201. The van der Waals surface area contributed by atoms with Crippen molar-refractivity contribution in [3.63, 3.8) is 0 Å². The molecule has 0 saturated heterocycles. The highest BCUT2D eigenvalue weighted by Gasteiger charge is 2.33. The Morgan fingerprint density at radius 3 is 0.935 bits per heavy atom. The molecular weight excluding hydrogens is 1150 g/mol. The zero-order chi connectivity index (χ0) is 81.2. The van der Waals surface area contributed by atoms with Crippen molar-refractivity contribution in [3.8, 4) is 0 Å². The Kier molecular flexibility index (Phi) is 15.6. The predicted molar refractivity (Wildman–Crippen MR) is 397 cm³/mol. The fourth-order valence-electron chi connectivity index (χ4n) is 13.4. The maximum absolute atomic E-state index is 8.53. The average molecular weight is 1280 g/mol. The lowest BCUT2D eigenvalue weighted by atomic mass is 10.1. The molecule has 0 spiro atoms. The lowest BCUT2D eigenvalue weighted by molar-refractivity contribution is 0.263. The fourth-order valence-corrected chi connectivity index (χ4v) is 13.4. The minimum atomic E-state index is -3.10. The second-order valence-electron chi connectivity index (χ2n) is 25.3. The second-order valence-corrected chi connectivity index (χ2v) is 25.3. The SMILES string of the molecule is CCN1C=CN(c2cc(C)cc(N3C=CN(CC)[C@@H]3C)c2C)[C@@H]1C.Cc1cc(N2C=CN(C)[C@H]2C)c(C)c(N2C=CN(C)[C@@H]2C)c1.[2H]C([2H])([2H])C([2H])(C)N1C=CN(c2cccc(N3C=CN(C([2H])(C([2H])([2H])[2H])C([2H])([2H])[2H])[C@H]3C)c2C)[C@H]1C.[2H]C([2H])([2H])C([2H])([2H])N1C=CN(c2cccc(N3C=CN(C)[C@@H]3C)c2C)[C@@H]1C. The quantitative estimate of drug-likeness (QED) is 0.128. The van der Waals surface area contributed by atoms with Crippen LogP contribution in [-0.4, -0.2) is 141 Å². The van der Waals surface area contributed by atoms with E-state index in [9.17, 15) is 0 Å². The molecule has 4 aromatic carbocycles. The van der Waals surface area contributed by atoms with Crippen LogP contribution in [0.4, 0.5) is 45.5 Å². The van der Waals surface area contributed by atoms with Crippen molar-refractivity contribution in [2.45, 2.75) is 206 Å². The van der Waals surface area contributed by atoms with Gasteiger partial charge in [0.25, 0.3) is 0 Å². The Morgan fingerprint density at radius 1 is 0.355 bits per heavy atom. The number of nitrogens with zero attached hydrogens (tertiary/aromatic N) is 16. The maximum Gasteiger partial charge on any atom is 0.103 e. The summed E-state index contributed by atoms with van der Waals surface area (Å²) in [5.74, 6) is 0. The summed E-state index contributed by atoms with van der Waals surface area (Å²) in [4.78, 5) is 32.2. The van der Waals surface area contributed by atoms with Gasteiger partial charge in [0.05, 0.1) is 2.74 Å². The van der Waals surface area contributed by atoms with Gasteiger partial charge in [-0.05, 0) is 227 Å². The number of benzene rings is 4. The first kappa shape index (κ1) is 50.1. The summed E-state index contributed by atoms with van der Waals surface area (Å²) in [6.07, 6.45) is 30.9. The van der Waals surface area contributed by atoms with Gasteiger partial charge in [-0.1, -0.05) is 12.1 Å². The lowest BCUT2D eigenvalue weighted by Gasteiger charge is -2.36. The highest BCUT2D eigenvalue weighted by molar-refractivity contribution is 5.75. The molecule has 0 aliphatic carbocycles. The topological polar surface area (TPSA) is 51.8 Å². The van der Waals surface area contributed by atoms with Gasteiger partial charge in [0.1, 0.15) is 49.3 Å². The van der Waals surface area contributed by atoms with Crippen molar-refractivity contribution in [2.24, 2.45) is 0 Å². The van der Waals surface area contributed by atoms with Gasteiger partial charge < -0.3 is 78.4 Å². The standard InChI is InChI=1S/C21H32N4.C20H30N4.2C18H26N4/c1-15(2)22-11-13-24(18(22)6)20-9-8-10-21(17(20)5)25-14-12-23(16(3)4)19(25)7;1-7-21-9-11-23(17(21)5)19-13-15(3)14-20(16(19)4)24-12-10-22(8-2)18(24)6;1-13-11-17(21-9-7-19(5)15(21)3)14(2)18(12-13)22-10-8-20(6)16(22)4;1-6-20-11-13-22(16(20)4)18-9-7-8-17(14(18)2)21-12-10-19(5)15(21)3/h8-16,18-19H,1-7H3;9-14,17-18H,7-8H2,1-6H3;7-12,15-16H,1-6H3;7-13,15-16H,6H2,1-5H3/t18-,19+;17-,18+;2*15-,16+/m...0/s1/i1D3,2D3,3D3,15D,16D;;;1D3,6D2/t16?,18-,19+;;;m/m1..0/s1. The first-order valence-corrected chi connectivity index (χ1v) is 32.7. The van der Waals surface area contributed by atoms with Crippen LogP contribution in [-0.2, 0) is 0 Å². The largest absolute Gasteiger partial charge is 0.359 e. The van der Waals surface area contributed by atoms with E-state index in [0.717, 1.165) is 46.2 Å². The monoisotopic (exact) mass is 1280 g/mol. The van der Waals surface area contributed by atoms with Crippen LogP contribution in [0.25, 0.3) is 0 Å². The fraction of sp³-hybridized carbons (Fsp3) is 0.481. The molecule has 0 radical (unpaired) electrons. The average Bonchev–Trinajstić information content (AvgIpc) is 1.69. The molecule has 9 atom stereocenters. The number of rotatable bonds is 13. The molecule has 16 heteroatoms. The van der Waals surface area contributed by atoms with Crippen LogP contribution in [0.2, 0.25) is 0 Å². The van der Waals surface area contributed by atoms with Crippen LogP contribution in [0.1, 0.15) is 159 Å². The summed E-state index contributed by atoms with van der Waals surface area (Å²) in [5.41, 5.74) is 15.7. The van der Waals surface area contributed by atoms with Gasteiger partial charge >= 0.3 is 0 Å². The summed E-state index contributed by atoms with van der Waals surface area (Å²) >= 11 is 0. The highest BCUT2D eigenvalue weighted by Crippen LogP contribution is 2.41. The highest BCUT2D eigenvalue weighted by atomic mass is 15.4. The minimum Gasteiger partial charge on any atom is -0.359 e. The van der Waals surface area contributed by atoms with Crippen molar-refractivity contribution in [2.75, 3.05) is 79.9 Å². The smallest absolute Gasteiger partial charge is 0.103 e. The van der Waals surface area contributed by atoms with Gasteiger partial charge in [-0.2, -0.15) is 0 Å². The molecule has 0 saturated carbocycles. The van der Waals surface area contributed by atoms with Crippen LogP contribution in [0.15, 0.2) is 160 Å². The molecule has 4 aromatic rings. The van der Waals surface area contributed by atoms with Gasteiger partial charge in [0, 0.05) is 217 Å².